The Kier molecular flexibility index (Phi) is 19.4. The molecule has 0 aromatic heterocycles. The Bertz CT molecular complexity index is 1190. The Labute approximate surface area is 340 Å². The molecule has 5 aliphatic heterocycles. The number of nitrogens with zero attached hydrogens (tertiary/aromatic N) is 2. The average Bonchev–Trinajstić information content (AvgIpc) is 3.49. The van der Waals surface area contributed by atoms with Gasteiger partial charge < -0.3 is 30.6 Å². The van der Waals surface area contributed by atoms with Crippen molar-refractivity contribution in [3.05, 3.63) is 12.2 Å². The van der Waals surface area contributed by atoms with Crippen LogP contribution in [0.3, 0.4) is 0 Å². The number of carbonyl (C=O) groups is 2. The van der Waals surface area contributed by atoms with Crippen LogP contribution in [0.4, 0.5) is 0 Å². The first-order valence-corrected chi connectivity index (χ1v) is 23.5. The van der Waals surface area contributed by atoms with Gasteiger partial charge in [-0.05, 0) is 103 Å². The SMILES string of the molecule is CCC1C=CCCC2(CC3CCC4C(C(=O)OCCCCCCCCCCCCCCCC(=O)N(CCCN)CCCCN)C5(CCCC(C)O5)NC(N2)N34)O1. The minimum atomic E-state index is -0.716. The van der Waals surface area contributed by atoms with Crippen molar-refractivity contribution in [3.8, 4) is 0 Å². The van der Waals surface area contributed by atoms with Crippen molar-refractivity contribution in [3.63, 3.8) is 0 Å². The number of ether oxygens (including phenoxy) is 3. The highest BCUT2D eigenvalue weighted by Crippen LogP contribution is 2.49. The van der Waals surface area contributed by atoms with E-state index in [2.05, 4.69) is 41.5 Å². The number of hydrogen-bond acceptors (Lipinski definition) is 10. The van der Waals surface area contributed by atoms with E-state index in [0.717, 1.165) is 116 Å². The Morgan fingerprint density at radius 3 is 2.18 bits per heavy atom. The normalized spacial score (nSPS) is 31.4. The van der Waals surface area contributed by atoms with Crippen LogP contribution in [-0.2, 0) is 23.8 Å². The smallest absolute Gasteiger partial charge is 0.314 e. The van der Waals surface area contributed by atoms with Gasteiger partial charge in [0.05, 0.1) is 18.8 Å². The molecule has 5 rings (SSSR count). The van der Waals surface area contributed by atoms with E-state index in [4.69, 9.17) is 25.7 Å². The Balaban J connectivity index is 0.933. The molecule has 0 saturated carbocycles. The molecule has 4 saturated heterocycles. The summed E-state index contributed by atoms with van der Waals surface area (Å²) in [5.41, 5.74) is 10.2. The number of carbonyl (C=O) groups excluding carboxylic acids is 2. The molecule has 4 fully saturated rings. The van der Waals surface area contributed by atoms with Crippen molar-refractivity contribution >= 4 is 11.9 Å². The Morgan fingerprint density at radius 1 is 0.821 bits per heavy atom. The number of rotatable bonds is 25. The maximum absolute atomic E-state index is 14.1. The third-order valence-electron chi connectivity index (χ3n) is 13.4. The average molecular weight is 787 g/mol. The molecule has 8 unspecified atom stereocenters. The largest absolute Gasteiger partial charge is 0.465 e. The number of nitrogens with one attached hydrogen (secondary N) is 2. The van der Waals surface area contributed by atoms with Gasteiger partial charge in [-0.2, -0.15) is 0 Å². The molecule has 0 aromatic carbocycles. The summed E-state index contributed by atoms with van der Waals surface area (Å²) in [4.78, 5) is 31.3. The molecule has 6 N–H and O–H groups in total. The van der Waals surface area contributed by atoms with Crippen LogP contribution < -0.4 is 22.1 Å². The van der Waals surface area contributed by atoms with Crippen molar-refractivity contribution in [1.29, 1.82) is 0 Å². The number of unbranched alkanes of at least 4 members (excludes halogenated alkanes) is 13. The van der Waals surface area contributed by atoms with Gasteiger partial charge in [-0.3, -0.25) is 25.1 Å². The lowest BCUT2D eigenvalue weighted by Crippen LogP contribution is -2.81. The fourth-order valence-corrected chi connectivity index (χ4v) is 10.5. The first-order valence-electron chi connectivity index (χ1n) is 23.5. The molecule has 1 amide bonds. The van der Waals surface area contributed by atoms with Gasteiger partial charge in [0.15, 0.2) is 0 Å². The Hall–Kier alpha value is -1.60. The van der Waals surface area contributed by atoms with Gasteiger partial charge in [-0.1, -0.05) is 89.7 Å². The topological polar surface area (TPSA) is 144 Å². The molecule has 0 radical (unpaired) electrons. The molecular weight excluding hydrogens is 705 g/mol. The van der Waals surface area contributed by atoms with E-state index in [1.165, 1.54) is 57.8 Å². The molecular formula is C45H82N6O5. The van der Waals surface area contributed by atoms with Crippen LogP contribution >= 0.6 is 0 Å². The van der Waals surface area contributed by atoms with E-state index < -0.39 is 5.72 Å². The minimum Gasteiger partial charge on any atom is -0.465 e. The van der Waals surface area contributed by atoms with Crippen molar-refractivity contribution in [1.82, 2.24) is 20.4 Å². The molecule has 0 aromatic rings. The third kappa shape index (κ3) is 12.9. The zero-order valence-corrected chi connectivity index (χ0v) is 35.6. The predicted molar refractivity (Wildman–Crippen MR) is 224 cm³/mol. The van der Waals surface area contributed by atoms with Gasteiger partial charge in [0, 0.05) is 38.0 Å². The lowest BCUT2D eigenvalue weighted by atomic mass is 9.79. The first kappa shape index (κ1) is 45.5. The number of nitrogens with two attached hydrogens (primary N) is 2. The maximum atomic E-state index is 14.1. The highest BCUT2D eigenvalue weighted by molar-refractivity contribution is 5.76. The fraction of sp³-hybridized carbons (Fsp3) is 0.911. The van der Waals surface area contributed by atoms with Gasteiger partial charge in [0.1, 0.15) is 23.7 Å². The van der Waals surface area contributed by atoms with Crippen LogP contribution in [0.5, 0.6) is 0 Å². The zero-order chi connectivity index (χ0) is 39.6. The van der Waals surface area contributed by atoms with Gasteiger partial charge in [0.25, 0.3) is 0 Å². The summed E-state index contributed by atoms with van der Waals surface area (Å²) < 4.78 is 19.7. The fourth-order valence-electron chi connectivity index (χ4n) is 10.5. The number of amides is 1. The van der Waals surface area contributed by atoms with Crippen LogP contribution in [0, 0.1) is 5.92 Å². The molecule has 11 nitrogen and oxygen atoms in total. The molecule has 8 atom stereocenters. The highest BCUT2D eigenvalue weighted by atomic mass is 16.6. The van der Waals surface area contributed by atoms with Crippen LogP contribution in [0.25, 0.3) is 0 Å². The molecule has 5 heterocycles. The zero-order valence-electron chi connectivity index (χ0n) is 35.6. The molecule has 0 aliphatic carbocycles. The second-order valence-corrected chi connectivity index (χ2v) is 17.9. The van der Waals surface area contributed by atoms with Crippen molar-refractivity contribution in [2.75, 3.05) is 32.8 Å². The molecule has 5 aliphatic rings. The lowest BCUT2D eigenvalue weighted by Gasteiger charge is -2.60. The van der Waals surface area contributed by atoms with Crippen LogP contribution in [-0.4, -0.2) is 96.5 Å². The molecule has 0 bridgehead atoms. The van der Waals surface area contributed by atoms with Gasteiger partial charge >= 0.3 is 5.97 Å². The molecule has 56 heavy (non-hydrogen) atoms. The summed E-state index contributed by atoms with van der Waals surface area (Å²) in [5, 5.41) is 7.85. The highest BCUT2D eigenvalue weighted by Gasteiger charge is 2.63. The lowest BCUT2D eigenvalue weighted by molar-refractivity contribution is -0.255. The van der Waals surface area contributed by atoms with Crippen LogP contribution in [0.15, 0.2) is 12.2 Å². The van der Waals surface area contributed by atoms with E-state index >= 15 is 0 Å². The summed E-state index contributed by atoms with van der Waals surface area (Å²) in [6.45, 7) is 7.75. The number of allylic oxidation sites excluding steroid dienone is 1. The van der Waals surface area contributed by atoms with Crippen molar-refractivity contribution < 1.29 is 23.8 Å². The van der Waals surface area contributed by atoms with E-state index in [0.29, 0.717) is 32.2 Å². The second kappa shape index (κ2) is 23.9. The molecule has 2 spiro atoms. The summed E-state index contributed by atoms with van der Waals surface area (Å²) in [6.07, 6.45) is 32.6. The quantitative estimate of drug-likeness (QED) is 0.0421. The van der Waals surface area contributed by atoms with Crippen molar-refractivity contribution in [2.45, 2.75) is 223 Å². The molecule has 11 heteroatoms. The third-order valence-corrected chi connectivity index (χ3v) is 13.4. The standard InChI is InChI=1S/C45H82N6O5/c1-3-38-24-16-17-28-44(56-38)35-37-26-27-39-41(45(29-21-23-36(2)55-45)49-43(48-44)51(37)39)42(53)54-34-20-14-12-10-8-6-4-5-7-9-11-13-15-25-40(52)50(33-22-31-47)32-19-18-30-46/h16,24,36-39,41,43,48-49H,3-15,17-23,25-35,46-47H2,1-2H3. The molecule has 322 valence electrons. The summed E-state index contributed by atoms with van der Waals surface area (Å²) in [5.74, 6) is -0.122. The second-order valence-electron chi connectivity index (χ2n) is 17.9. The monoisotopic (exact) mass is 787 g/mol. The number of hydrogen-bond donors (Lipinski definition) is 4. The van der Waals surface area contributed by atoms with Gasteiger partial charge in [0.2, 0.25) is 5.91 Å². The van der Waals surface area contributed by atoms with Crippen LogP contribution in [0.2, 0.25) is 0 Å². The first-order chi connectivity index (χ1) is 27.3. The van der Waals surface area contributed by atoms with E-state index in [1.54, 1.807) is 0 Å². The van der Waals surface area contributed by atoms with Crippen LogP contribution in [0.1, 0.15) is 181 Å². The minimum absolute atomic E-state index is 0.0792. The number of esters is 1. The summed E-state index contributed by atoms with van der Waals surface area (Å²) in [7, 11) is 0. The van der Waals surface area contributed by atoms with E-state index in [9.17, 15) is 9.59 Å². The Morgan fingerprint density at radius 2 is 1.50 bits per heavy atom. The van der Waals surface area contributed by atoms with E-state index in [-0.39, 0.29) is 48.1 Å². The summed E-state index contributed by atoms with van der Waals surface area (Å²) >= 11 is 0. The van der Waals surface area contributed by atoms with Crippen molar-refractivity contribution in [2.24, 2.45) is 17.4 Å². The van der Waals surface area contributed by atoms with Gasteiger partial charge in [-0.15, -0.1) is 0 Å². The maximum Gasteiger partial charge on any atom is 0.314 e. The van der Waals surface area contributed by atoms with Gasteiger partial charge in [-0.25, -0.2) is 0 Å². The summed E-state index contributed by atoms with van der Waals surface area (Å²) in [6, 6.07) is 0.479. The van der Waals surface area contributed by atoms with E-state index in [1.807, 2.05) is 4.90 Å². The predicted octanol–water partition coefficient (Wildman–Crippen LogP) is 7.36.